The lowest BCUT2D eigenvalue weighted by Gasteiger charge is -2.04. The Morgan fingerprint density at radius 3 is 2.50 bits per heavy atom. The van der Waals surface area contributed by atoms with Crippen molar-refractivity contribution in [2.75, 3.05) is 7.11 Å². The van der Waals surface area contributed by atoms with E-state index in [2.05, 4.69) is 6.07 Å². The molecule has 10 heavy (non-hydrogen) atoms. The first kappa shape index (κ1) is 7.13. The van der Waals surface area contributed by atoms with Gasteiger partial charge in [-0.3, -0.25) is 0 Å². The van der Waals surface area contributed by atoms with E-state index in [0.717, 1.165) is 5.75 Å². The average Bonchev–Trinajstić information content (AvgIpc) is 1.95. The van der Waals surface area contributed by atoms with Gasteiger partial charge in [0.25, 0.3) is 0 Å². The first-order valence-corrected chi connectivity index (χ1v) is 3.27. The van der Waals surface area contributed by atoms with Gasteiger partial charge < -0.3 is 4.74 Å². The van der Waals surface area contributed by atoms with Gasteiger partial charge in [-0.05, 0) is 37.1 Å². The van der Waals surface area contributed by atoms with Gasteiger partial charge in [-0.25, -0.2) is 0 Å². The highest BCUT2D eigenvalue weighted by molar-refractivity contribution is 5.37. The Kier molecular flexibility index (Phi) is 1.95. The Balaban J connectivity index is 3.14. The fourth-order valence-corrected chi connectivity index (χ4v) is 0.865. The third-order valence-corrected chi connectivity index (χ3v) is 1.70. The predicted molar refractivity (Wildman–Crippen MR) is 41.3 cm³/mol. The van der Waals surface area contributed by atoms with Gasteiger partial charge in [-0.1, -0.05) is 6.07 Å². The number of ether oxygens (including phenoxy) is 1. The van der Waals surface area contributed by atoms with Crippen molar-refractivity contribution in [1.29, 1.82) is 0 Å². The van der Waals surface area contributed by atoms with Crippen LogP contribution in [0.2, 0.25) is 0 Å². The molecule has 0 aliphatic carbocycles. The summed E-state index contributed by atoms with van der Waals surface area (Å²) in [7, 11) is 1.68. The van der Waals surface area contributed by atoms with Gasteiger partial charge in [0.1, 0.15) is 5.75 Å². The molecule has 1 aromatic rings. The molecule has 1 rings (SSSR count). The molecule has 0 N–H and O–H groups in total. The second-order valence-electron chi connectivity index (χ2n) is 2.33. The van der Waals surface area contributed by atoms with Crippen molar-refractivity contribution >= 4 is 0 Å². The van der Waals surface area contributed by atoms with E-state index in [4.69, 9.17) is 4.74 Å². The summed E-state index contributed by atoms with van der Waals surface area (Å²) in [4.78, 5) is 0. The topological polar surface area (TPSA) is 9.23 Å². The van der Waals surface area contributed by atoms with Gasteiger partial charge in [0, 0.05) is 0 Å². The van der Waals surface area contributed by atoms with Crippen molar-refractivity contribution in [1.82, 2.24) is 0 Å². The molecule has 0 heterocycles. The number of methoxy groups -OCH3 is 1. The first-order chi connectivity index (χ1) is 4.75. The molecule has 0 aliphatic heterocycles. The number of aryl methyl sites for hydroxylation is 1. The Labute approximate surface area is 61.6 Å². The molecule has 1 aromatic carbocycles. The molecule has 0 atom stereocenters. The molecule has 0 saturated carbocycles. The summed E-state index contributed by atoms with van der Waals surface area (Å²) >= 11 is 0. The van der Waals surface area contributed by atoms with Crippen LogP contribution in [0.25, 0.3) is 0 Å². The molecule has 1 nitrogen and oxygen atoms in total. The van der Waals surface area contributed by atoms with Crippen LogP contribution in [0, 0.1) is 19.9 Å². The van der Waals surface area contributed by atoms with E-state index in [1.807, 2.05) is 26.0 Å². The molecule has 0 aromatic heterocycles. The SMILES string of the molecule is COc1c[c]cc(C)c1C. The highest BCUT2D eigenvalue weighted by Crippen LogP contribution is 2.18. The van der Waals surface area contributed by atoms with Crippen LogP contribution >= 0.6 is 0 Å². The summed E-state index contributed by atoms with van der Waals surface area (Å²) in [6.45, 7) is 4.09. The van der Waals surface area contributed by atoms with Crippen molar-refractivity contribution in [3.63, 3.8) is 0 Å². The smallest absolute Gasteiger partial charge is 0.122 e. The fourth-order valence-electron chi connectivity index (χ4n) is 0.865. The molecular weight excluding hydrogens is 124 g/mol. The second-order valence-corrected chi connectivity index (χ2v) is 2.33. The lowest BCUT2D eigenvalue weighted by Crippen LogP contribution is -1.88. The molecule has 1 radical (unpaired) electrons. The monoisotopic (exact) mass is 135 g/mol. The minimum Gasteiger partial charge on any atom is -0.496 e. The van der Waals surface area contributed by atoms with E-state index in [-0.39, 0.29) is 0 Å². The van der Waals surface area contributed by atoms with Crippen LogP contribution in [0.1, 0.15) is 11.1 Å². The maximum Gasteiger partial charge on any atom is 0.122 e. The lowest BCUT2D eigenvalue weighted by atomic mass is 10.1. The van der Waals surface area contributed by atoms with Gasteiger partial charge >= 0.3 is 0 Å². The van der Waals surface area contributed by atoms with E-state index in [1.54, 1.807) is 7.11 Å². The third kappa shape index (κ3) is 1.13. The summed E-state index contributed by atoms with van der Waals surface area (Å²) in [6.07, 6.45) is 0. The van der Waals surface area contributed by atoms with Crippen LogP contribution in [0.15, 0.2) is 12.1 Å². The Bertz CT molecular complexity index is 228. The lowest BCUT2D eigenvalue weighted by molar-refractivity contribution is 0.411. The number of hydrogen-bond acceptors (Lipinski definition) is 1. The first-order valence-electron chi connectivity index (χ1n) is 3.27. The summed E-state index contributed by atoms with van der Waals surface area (Å²) in [5.41, 5.74) is 2.42. The van der Waals surface area contributed by atoms with Gasteiger partial charge in [-0.2, -0.15) is 0 Å². The quantitative estimate of drug-likeness (QED) is 0.573. The summed E-state index contributed by atoms with van der Waals surface area (Å²) in [5.74, 6) is 0.917. The van der Waals surface area contributed by atoms with Crippen LogP contribution in [-0.4, -0.2) is 7.11 Å². The molecule has 1 heteroatoms. The van der Waals surface area contributed by atoms with Crippen LogP contribution < -0.4 is 4.74 Å². The summed E-state index contributed by atoms with van der Waals surface area (Å²) < 4.78 is 5.09. The van der Waals surface area contributed by atoms with Crippen molar-refractivity contribution in [2.24, 2.45) is 0 Å². The van der Waals surface area contributed by atoms with Crippen molar-refractivity contribution in [3.8, 4) is 5.75 Å². The molecule has 0 spiro atoms. The summed E-state index contributed by atoms with van der Waals surface area (Å²) in [5, 5.41) is 0. The maximum atomic E-state index is 5.09. The Morgan fingerprint density at radius 2 is 2.00 bits per heavy atom. The minimum atomic E-state index is 0.917. The molecule has 0 aliphatic rings. The third-order valence-electron chi connectivity index (χ3n) is 1.70. The van der Waals surface area contributed by atoms with E-state index in [1.165, 1.54) is 11.1 Å². The van der Waals surface area contributed by atoms with Gasteiger partial charge in [0.05, 0.1) is 7.11 Å². The van der Waals surface area contributed by atoms with Crippen molar-refractivity contribution in [3.05, 3.63) is 29.3 Å². The second kappa shape index (κ2) is 2.74. The maximum absolute atomic E-state index is 5.09. The average molecular weight is 135 g/mol. The fraction of sp³-hybridized carbons (Fsp3) is 0.333. The van der Waals surface area contributed by atoms with E-state index in [0.29, 0.717) is 0 Å². The minimum absolute atomic E-state index is 0.917. The molecule has 0 fully saturated rings. The zero-order valence-corrected chi connectivity index (χ0v) is 6.56. The van der Waals surface area contributed by atoms with Crippen LogP contribution in [-0.2, 0) is 0 Å². The van der Waals surface area contributed by atoms with Crippen molar-refractivity contribution in [2.45, 2.75) is 13.8 Å². The Hall–Kier alpha value is -0.980. The highest BCUT2D eigenvalue weighted by Gasteiger charge is 1.97. The predicted octanol–water partition coefficient (Wildman–Crippen LogP) is 2.11. The normalized spacial score (nSPS) is 9.50. The van der Waals surface area contributed by atoms with Crippen LogP contribution in [0.3, 0.4) is 0 Å². The van der Waals surface area contributed by atoms with Crippen LogP contribution in [0.4, 0.5) is 0 Å². The largest absolute Gasteiger partial charge is 0.496 e. The molecule has 0 unspecified atom stereocenters. The molecular formula is C9H11O. The molecule has 0 bridgehead atoms. The molecule has 0 saturated heterocycles. The van der Waals surface area contributed by atoms with Gasteiger partial charge in [0.15, 0.2) is 0 Å². The Morgan fingerprint density at radius 1 is 1.30 bits per heavy atom. The zero-order valence-electron chi connectivity index (χ0n) is 6.56. The number of hydrogen-bond donors (Lipinski definition) is 0. The van der Waals surface area contributed by atoms with Gasteiger partial charge in [-0.15, -0.1) is 0 Å². The molecule has 53 valence electrons. The number of rotatable bonds is 1. The molecule has 0 amide bonds. The van der Waals surface area contributed by atoms with Crippen LogP contribution in [0.5, 0.6) is 5.75 Å². The van der Waals surface area contributed by atoms with E-state index < -0.39 is 0 Å². The highest BCUT2D eigenvalue weighted by atomic mass is 16.5. The summed E-state index contributed by atoms with van der Waals surface area (Å²) in [6, 6.07) is 6.80. The van der Waals surface area contributed by atoms with Gasteiger partial charge in [0.2, 0.25) is 0 Å². The number of benzene rings is 1. The zero-order chi connectivity index (χ0) is 7.56. The van der Waals surface area contributed by atoms with E-state index >= 15 is 0 Å². The van der Waals surface area contributed by atoms with E-state index in [9.17, 15) is 0 Å². The van der Waals surface area contributed by atoms with Crippen molar-refractivity contribution < 1.29 is 4.74 Å². The standard InChI is InChI=1S/C9H11O/c1-7-5-4-6-9(10-3)8(7)2/h5-6H,1-3H3.